The number of benzene rings is 1. The number of rotatable bonds is 2. The van der Waals surface area contributed by atoms with Crippen LogP contribution in [-0.4, -0.2) is 20.0 Å². The Labute approximate surface area is 134 Å². The largest absolute Gasteiger partial charge is 0.354 e. The molecule has 1 aromatic heterocycles. The molecule has 6 nitrogen and oxygen atoms in total. The van der Waals surface area contributed by atoms with Crippen LogP contribution in [0, 0.1) is 0 Å². The predicted molar refractivity (Wildman–Crippen MR) is 88.0 cm³/mol. The van der Waals surface area contributed by atoms with Gasteiger partial charge in [0.1, 0.15) is 6.04 Å². The first kappa shape index (κ1) is 15.6. The molecule has 0 saturated heterocycles. The van der Waals surface area contributed by atoms with E-state index in [1.807, 2.05) is 19.9 Å². The molecular formula is C17H21N3O3. The molecule has 0 saturated carbocycles. The summed E-state index contributed by atoms with van der Waals surface area (Å²) in [6, 6.07) is 8.53. The fourth-order valence-electron chi connectivity index (χ4n) is 3.37. The van der Waals surface area contributed by atoms with E-state index in [1.54, 1.807) is 38.1 Å². The van der Waals surface area contributed by atoms with Crippen LogP contribution in [0.2, 0.25) is 0 Å². The van der Waals surface area contributed by atoms with Gasteiger partial charge in [0.05, 0.1) is 11.8 Å². The van der Waals surface area contributed by atoms with Gasteiger partial charge in [-0.3, -0.25) is 0 Å². The van der Waals surface area contributed by atoms with Gasteiger partial charge in [0.15, 0.2) is 5.72 Å². The van der Waals surface area contributed by atoms with Gasteiger partial charge < -0.3 is 4.74 Å². The van der Waals surface area contributed by atoms with Crippen molar-refractivity contribution in [2.24, 2.45) is 0 Å². The zero-order chi connectivity index (χ0) is 16.9. The quantitative estimate of drug-likeness (QED) is 0.797. The maximum absolute atomic E-state index is 13.0. The second kappa shape index (κ2) is 5.09. The number of hydrogen-bond donors (Lipinski definition) is 0. The Balaban J connectivity index is 2.39. The summed E-state index contributed by atoms with van der Waals surface area (Å²) in [5.74, 6) is 0. The molecule has 0 radical (unpaired) electrons. The molecule has 3 rings (SSSR count). The number of nitrogens with zero attached hydrogens (tertiary/aromatic N) is 3. The average Bonchev–Trinajstić information content (AvgIpc) is 2.71. The van der Waals surface area contributed by atoms with Gasteiger partial charge >= 0.3 is 11.4 Å². The number of para-hydroxylation sites is 1. The smallest absolute Gasteiger partial charge is 0.349 e. The highest BCUT2D eigenvalue weighted by atomic mass is 16.5. The van der Waals surface area contributed by atoms with Crippen LogP contribution in [-0.2, 0) is 10.5 Å². The lowest BCUT2D eigenvalue weighted by molar-refractivity contribution is -0.177. The first-order chi connectivity index (χ1) is 10.8. The Bertz CT molecular complexity index is 871. The highest BCUT2D eigenvalue weighted by Crippen LogP contribution is 2.32. The number of fused-ring (bicyclic) bond motifs is 1. The molecule has 0 amide bonds. The number of hydrogen-bond acceptors (Lipinski definition) is 3. The molecule has 2 heterocycles. The highest BCUT2D eigenvalue weighted by molar-refractivity contribution is 5.30. The molecule has 1 aliphatic heterocycles. The van der Waals surface area contributed by atoms with Crippen molar-refractivity contribution in [2.45, 2.75) is 45.6 Å². The van der Waals surface area contributed by atoms with Crippen molar-refractivity contribution in [1.82, 2.24) is 13.9 Å². The van der Waals surface area contributed by atoms with E-state index in [0.717, 1.165) is 5.57 Å². The zero-order valence-corrected chi connectivity index (χ0v) is 13.8. The molecule has 0 aliphatic carbocycles. The van der Waals surface area contributed by atoms with E-state index in [1.165, 1.54) is 13.9 Å². The van der Waals surface area contributed by atoms with E-state index in [2.05, 4.69) is 6.58 Å². The lowest BCUT2D eigenvalue weighted by atomic mass is 10.0. The van der Waals surface area contributed by atoms with Crippen LogP contribution in [0.25, 0.3) is 5.69 Å². The lowest BCUT2D eigenvalue weighted by Gasteiger charge is -2.41. The Morgan fingerprint density at radius 2 is 1.78 bits per heavy atom. The average molecular weight is 315 g/mol. The SMILES string of the molecule is C=C(C)[C@@H]1[C@H](C)OC(C)(C)n2c(=O)n(-c3ccccc3)c(=O)n21. The molecule has 23 heavy (non-hydrogen) atoms. The topological polar surface area (TPSA) is 58.2 Å². The van der Waals surface area contributed by atoms with Crippen LogP contribution in [0.5, 0.6) is 0 Å². The van der Waals surface area contributed by atoms with Crippen molar-refractivity contribution < 1.29 is 4.74 Å². The maximum Gasteiger partial charge on any atom is 0.354 e. The van der Waals surface area contributed by atoms with Gasteiger partial charge in [0.2, 0.25) is 0 Å². The first-order valence-electron chi connectivity index (χ1n) is 7.61. The predicted octanol–water partition coefficient (Wildman–Crippen LogP) is 2.03. The van der Waals surface area contributed by atoms with Crippen molar-refractivity contribution in [2.75, 3.05) is 0 Å². The van der Waals surface area contributed by atoms with Crippen molar-refractivity contribution in [3.05, 3.63) is 63.5 Å². The fourth-order valence-corrected chi connectivity index (χ4v) is 3.37. The van der Waals surface area contributed by atoms with E-state index in [0.29, 0.717) is 5.69 Å². The zero-order valence-electron chi connectivity index (χ0n) is 13.8. The molecule has 0 fully saturated rings. The van der Waals surface area contributed by atoms with Gasteiger partial charge in [-0.2, -0.15) is 4.68 Å². The Morgan fingerprint density at radius 3 is 2.35 bits per heavy atom. The van der Waals surface area contributed by atoms with E-state index in [-0.39, 0.29) is 17.8 Å². The standard InChI is InChI=1S/C17H21N3O3/c1-11(2)14-12(3)23-17(4,5)20-16(22)18(15(21)19(14)20)13-9-7-6-8-10-13/h6-10,12,14H,1H2,2-5H3/t12-,14+/m0/s1. The van der Waals surface area contributed by atoms with Crippen LogP contribution in [0.1, 0.15) is 33.7 Å². The van der Waals surface area contributed by atoms with Gasteiger partial charge in [-0.1, -0.05) is 30.4 Å². The minimum Gasteiger partial charge on any atom is -0.349 e. The molecule has 0 unspecified atom stereocenters. The molecule has 6 heteroatoms. The van der Waals surface area contributed by atoms with Crippen LogP contribution in [0.15, 0.2) is 52.1 Å². The van der Waals surface area contributed by atoms with Gasteiger partial charge in [0.25, 0.3) is 0 Å². The second-order valence-electron chi connectivity index (χ2n) is 6.45. The normalized spacial score (nSPS) is 22.6. The summed E-state index contributed by atoms with van der Waals surface area (Å²) in [4.78, 5) is 25.9. The molecule has 0 spiro atoms. The molecular weight excluding hydrogens is 294 g/mol. The Kier molecular flexibility index (Phi) is 3.44. The Morgan fingerprint density at radius 1 is 1.17 bits per heavy atom. The van der Waals surface area contributed by atoms with Crippen molar-refractivity contribution in [1.29, 1.82) is 0 Å². The monoisotopic (exact) mass is 315 g/mol. The van der Waals surface area contributed by atoms with Gasteiger partial charge in [-0.05, 0) is 39.8 Å². The maximum atomic E-state index is 13.0. The number of ether oxygens (including phenoxy) is 1. The number of aromatic nitrogens is 3. The fraction of sp³-hybridized carbons (Fsp3) is 0.412. The van der Waals surface area contributed by atoms with E-state index < -0.39 is 11.4 Å². The molecule has 0 bridgehead atoms. The summed E-state index contributed by atoms with van der Waals surface area (Å²) in [7, 11) is 0. The minimum atomic E-state index is -0.915. The van der Waals surface area contributed by atoms with Crippen LogP contribution < -0.4 is 11.4 Å². The van der Waals surface area contributed by atoms with Crippen molar-refractivity contribution in [3.8, 4) is 5.69 Å². The summed E-state index contributed by atoms with van der Waals surface area (Å²) in [5.41, 5.74) is -0.390. The van der Waals surface area contributed by atoms with Gasteiger partial charge in [-0.15, -0.1) is 0 Å². The van der Waals surface area contributed by atoms with Gasteiger partial charge in [0, 0.05) is 0 Å². The van der Waals surface area contributed by atoms with Crippen molar-refractivity contribution in [3.63, 3.8) is 0 Å². The Hall–Kier alpha value is -2.34. The van der Waals surface area contributed by atoms with E-state index in [9.17, 15) is 9.59 Å². The third-order valence-corrected chi connectivity index (χ3v) is 4.19. The first-order valence-corrected chi connectivity index (χ1v) is 7.61. The molecule has 1 aliphatic rings. The molecule has 0 N–H and O–H groups in total. The van der Waals surface area contributed by atoms with Crippen LogP contribution >= 0.6 is 0 Å². The van der Waals surface area contributed by atoms with Gasteiger partial charge in [-0.25, -0.2) is 18.8 Å². The van der Waals surface area contributed by atoms with Crippen molar-refractivity contribution >= 4 is 0 Å². The van der Waals surface area contributed by atoms with Crippen LogP contribution in [0.4, 0.5) is 0 Å². The third kappa shape index (κ3) is 2.21. The molecule has 2 atom stereocenters. The van der Waals surface area contributed by atoms with E-state index in [4.69, 9.17) is 4.74 Å². The molecule has 2 aromatic rings. The summed E-state index contributed by atoms with van der Waals surface area (Å²) < 4.78 is 10.0. The summed E-state index contributed by atoms with van der Waals surface area (Å²) >= 11 is 0. The molecule has 122 valence electrons. The van der Waals surface area contributed by atoms with E-state index >= 15 is 0 Å². The summed E-state index contributed by atoms with van der Waals surface area (Å²) in [6.07, 6.45) is -0.258. The summed E-state index contributed by atoms with van der Waals surface area (Å²) in [6.45, 7) is 11.3. The lowest BCUT2D eigenvalue weighted by Crippen LogP contribution is -2.53. The minimum absolute atomic E-state index is 0.258. The third-order valence-electron chi connectivity index (χ3n) is 4.19. The molecule has 1 aromatic carbocycles. The summed E-state index contributed by atoms with van der Waals surface area (Å²) in [5, 5.41) is 0. The van der Waals surface area contributed by atoms with Crippen LogP contribution in [0.3, 0.4) is 0 Å². The second-order valence-corrected chi connectivity index (χ2v) is 6.45. The highest BCUT2D eigenvalue weighted by Gasteiger charge is 2.42.